The molecule has 1 aromatic rings. The predicted octanol–water partition coefficient (Wildman–Crippen LogP) is 3.43. The van der Waals surface area contributed by atoms with Gasteiger partial charge in [0.05, 0.1) is 10.4 Å². The summed E-state index contributed by atoms with van der Waals surface area (Å²) in [5.74, 6) is 1.02. The lowest BCUT2D eigenvalue weighted by Gasteiger charge is -2.34. The molecule has 0 saturated carbocycles. The van der Waals surface area contributed by atoms with Gasteiger partial charge in [-0.1, -0.05) is 11.6 Å². The molecule has 1 fully saturated rings. The third kappa shape index (κ3) is 7.52. The van der Waals surface area contributed by atoms with Crippen LogP contribution in [-0.4, -0.2) is 63.5 Å². The molecule has 1 saturated heterocycles. The molecule has 0 unspecified atom stereocenters. The van der Waals surface area contributed by atoms with Crippen molar-refractivity contribution in [3.63, 3.8) is 0 Å². The molecule has 1 aromatic heterocycles. The van der Waals surface area contributed by atoms with Gasteiger partial charge in [0, 0.05) is 57.8 Å². The van der Waals surface area contributed by atoms with Crippen molar-refractivity contribution >= 4 is 28.9 Å². The molecule has 2 rings (SSSR count). The second-order valence-corrected chi connectivity index (χ2v) is 7.89. The lowest BCUT2D eigenvalue weighted by atomic mass is 10.1. The summed E-state index contributed by atoms with van der Waals surface area (Å²) in [7, 11) is 1.73. The lowest BCUT2D eigenvalue weighted by Crippen LogP contribution is -2.47. The Hall–Kier alpha value is -0.820. The Balaban J connectivity index is 1.75. The Morgan fingerprint density at radius 1 is 1.36 bits per heavy atom. The highest BCUT2D eigenvalue weighted by Crippen LogP contribution is 2.21. The molecule has 2 heterocycles. The maximum absolute atomic E-state index is 5.98. The topological polar surface area (TPSA) is 46.1 Å². The second-order valence-electron chi connectivity index (χ2n) is 6.10. The van der Waals surface area contributed by atoms with E-state index in [-0.39, 0.29) is 0 Å². The molecular formula is C18H30ClN3O2S. The van der Waals surface area contributed by atoms with Gasteiger partial charge in [-0.3, -0.25) is 4.99 Å². The Morgan fingerprint density at radius 3 is 2.80 bits per heavy atom. The Morgan fingerprint density at radius 2 is 2.16 bits per heavy atom. The zero-order valence-electron chi connectivity index (χ0n) is 15.3. The third-order valence-corrected chi connectivity index (χ3v) is 5.46. The van der Waals surface area contributed by atoms with Crippen LogP contribution in [0.2, 0.25) is 4.34 Å². The zero-order valence-corrected chi connectivity index (χ0v) is 16.9. The summed E-state index contributed by atoms with van der Waals surface area (Å²) in [6.07, 6.45) is 4.37. The molecule has 0 radical (unpaired) electrons. The fourth-order valence-electron chi connectivity index (χ4n) is 2.87. The van der Waals surface area contributed by atoms with Crippen LogP contribution in [0.5, 0.6) is 0 Å². The highest BCUT2D eigenvalue weighted by molar-refractivity contribution is 7.16. The van der Waals surface area contributed by atoms with Crippen LogP contribution in [0.1, 0.15) is 31.1 Å². The maximum atomic E-state index is 5.98. The first-order valence-corrected chi connectivity index (χ1v) is 10.3. The van der Waals surface area contributed by atoms with E-state index in [1.165, 1.54) is 4.88 Å². The summed E-state index contributed by atoms with van der Waals surface area (Å²) in [4.78, 5) is 8.42. The van der Waals surface area contributed by atoms with Gasteiger partial charge in [-0.05, 0) is 38.3 Å². The quantitative estimate of drug-likeness (QED) is 0.400. The Kier molecular flexibility index (Phi) is 9.61. The molecule has 0 spiro atoms. The van der Waals surface area contributed by atoms with E-state index in [1.807, 2.05) is 6.07 Å². The molecule has 0 aromatic carbocycles. The summed E-state index contributed by atoms with van der Waals surface area (Å²) in [6.45, 7) is 7.32. The standard InChI is InChI=1S/C18H30ClN3O2S/c1-3-20-18(21-10-7-16-5-6-17(19)25-16)22-11-8-15(9-12-22)24-14-4-13-23-2/h5-6,15H,3-4,7-14H2,1-2H3,(H,20,21). The van der Waals surface area contributed by atoms with Crippen LogP contribution >= 0.6 is 22.9 Å². The van der Waals surface area contributed by atoms with Crippen molar-refractivity contribution in [1.29, 1.82) is 0 Å². The number of halogens is 1. The summed E-state index contributed by atoms with van der Waals surface area (Å²) >= 11 is 7.62. The van der Waals surface area contributed by atoms with E-state index in [0.717, 1.165) is 75.4 Å². The number of likely N-dealkylation sites (tertiary alicyclic amines) is 1. The van der Waals surface area contributed by atoms with Crippen LogP contribution in [0, 0.1) is 0 Å². The maximum Gasteiger partial charge on any atom is 0.193 e. The molecule has 1 N–H and O–H groups in total. The van der Waals surface area contributed by atoms with Crippen molar-refractivity contribution in [1.82, 2.24) is 10.2 Å². The van der Waals surface area contributed by atoms with Crippen LogP contribution in [-0.2, 0) is 15.9 Å². The summed E-state index contributed by atoms with van der Waals surface area (Å²) in [6, 6.07) is 4.04. The highest BCUT2D eigenvalue weighted by atomic mass is 35.5. The van der Waals surface area contributed by atoms with Crippen molar-refractivity contribution in [3.8, 4) is 0 Å². The van der Waals surface area contributed by atoms with Crippen LogP contribution < -0.4 is 5.32 Å². The van der Waals surface area contributed by atoms with Crippen molar-refractivity contribution in [2.24, 2.45) is 4.99 Å². The molecule has 0 amide bonds. The van der Waals surface area contributed by atoms with Gasteiger partial charge in [-0.2, -0.15) is 0 Å². The van der Waals surface area contributed by atoms with E-state index < -0.39 is 0 Å². The Bertz CT molecular complexity index is 516. The number of piperidine rings is 1. The molecule has 25 heavy (non-hydrogen) atoms. The van der Waals surface area contributed by atoms with Gasteiger partial charge in [-0.15, -0.1) is 11.3 Å². The molecule has 0 atom stereocenters. The summed E-state index contributed by atoms with van der Waals surface area (Å²) in [5.41, 5.74) is 0. The number of nitrogens with one attached hydrogen (secondary N) is 1. The van der Waals surface area contributed by atoms with Gasteiger partial charge in [0.25, 0.3) is 0 Å². The van der Waals surface area contributed by atoms with E-state index in [9.17, 15) is 0 Å². The van der Waals surface area contributed by atoms with E-state index >= 15 is 0 Å². The number of rotatable bonds is 9. The van der Waals surface area contributed by atoms with Gasteiger partial charge in [0.2, 0.25) is 0 Å². The number of aliphatic imine (C=N–C) groups is 1. The Labute approximate surface area is 160 Å². The van der Waals surface area contributed by atoms with Crippen molar-refractivity contribution in [2.75, 3.05) is 46.5 Å². The molecular weight excluding hydrogens is 358 g/mol. The minimum absolute atomic E-state index is 0.365. The average molecular weight is 388 g/mol. The smallest absolute Gasteiger partial charge is 0.193 e. The predicted molar refractivity (Wildman–Crippen MR) is 106 cm³/mol. The van der Waals surface area contributed by atoms with Crippen LogP contribution in [0.4, 0.5) is 0 Å². The molecule has 1 aliphatic heterocycles. The van der Waals surface area contributed by atoms with Gasteiger partial charge >= 0.3 is 0 Å². The average Bonchev–Trinajstić information content (AvgIpc) is 3.04. The second kappa shape index (κ2) is 11.7. The number of thiophene rings is 1. The molecule has 1 aliphatic rings. The third-order valence-electron chi connectivity index (χ3n) is 4.17. The minimum atomic E-state index is 0.365. The summed E-state index contributed by atoms with van der Waals surface area (Å²) < 4.78 is 11.8. The van der Waals surface area contributed by atoms with E-state index in [4.69, 9.17) is 26.1 Å². The molecule has 7 heteroatoms. The first-order valence-electron chi connectivity index (χ1n) is 9.11. The van der Waals surface area contributed by atoms with Crippen LogP contribution in [0.15, 0.2) is 17.1 Å². The number of ether oxygens (including phenoxy) is 2. The van der Waals surface area contributed by atoms with Crippen molar-refractivity contribution < 1.29 is 9.47 Å². The monoisotopic (exact) mass is 387 g/mol. The van der Waals surface area contributed by atoms with Gasteiger partial charge in [0.1, 0.15) is 0 Å². The zero-order chi connectivity index (χ0) is 17.9. The number of hydrogen-bond acceptors (Lipinski definition) is 4. The first kappa shape index (κ1) is 20.5. The summed E-state index contributed by atoms with van der Waals surface area (Å²) in [5, 5.41) is 3.41. The van der Waals surface area contributed by atoms with Gasteiger partial charge < -0.3 is 19.7 Å². The van der Waals surface area contributed by atoms with Crippen LogP contribution in [0.25, 0.3) is 0 Å². The minimum Gasteiger partial charge on any atom is -0.385 e. The number of hydrogen-bond donors (Lipinski definition) is 1. The fraction of sp³-hybridized carbons (Fsp3) is 0.722. The van der Waals surface area contributed by atoms with Gasteiger partial charge in [-0.25, -0.2) is 0 Å². The molecule has 142 valence electrons. The van der Waals surface area contributed by atoms with Crippen LogP contribution in [0.3, 0.4) is 0 Å². The molecule has 0 bridgehead atoms. The van der Waals surface area contributed by atoms with E-state index in [0.29, 0.717) is 6.10 Å². The largest absolute Gasteiger partial charge is 0.385 e. The van der Waals surface area contributed by atoms with E-state index in [2.05, 4.69) is 23.2 Å². The van der Waals surface area contributed by atoms with Crippen molar-refractivity contribution in [3.05, 3.63) is 21.3 Å². The van der Waals surface area contributed by atoms with Gasteiger partial charge in [0.15, 0.2) is 5.96 Å². The normalized spacial score (nSPS) is 16.4. The number of guanidine groups is 1. The highest BCUT2D eigenvalue weighted by Gasteiger charge is 2.21. The molecule has 5 nitrogen and oxygen atoms in total. The van der Waals surface area contributed by atoms with Crippen molar-refractivity contribution in [2.45, 2.75) is 38.7 Å². The number of nitrogens with zero attached hydrogens (tertiary/aromatic N) is 2. The first-order chi connectivity index (χ1) is 12.2. The fourth-order valence-corrected chi connectivity index (χ4v) is 3.95. The molecule has 0 aliphatic carbocycles. The number of methoxy groups -OCH3 is 1. The lowest BCUT2D eigenvalue weighted by molar-refractivity contribution is 0.00991. The SMILES string of the molecule is CCNC(=NCCc1ccc(Cl)s1)N1CCC(OCCCOC)CC1. The van der Waals surface area contributed by atoms with E-state index in [1.54, 1.807) is 18.4 Å².